The Bertz CT molecular complexity index is 512. The number of halogens is 1. The van der Waals surface area contributed by atoms with Crippen molar-refractivity contribution in [2.45, 2.75) is 50.0 Å². The van der Waals surface area contributed by atoms with E-state index in [9.17, 15) is 13.4 Å². The lowest BCUT2D eigenvalue weighted by Gasteiger charge is -2.22. The molecule has 1 fully saturated rings. The lowest BCUT2D eigenvalue weighted by molar-refractivity contribution is -0.120. The second kappa shape index (κ2) is 8.42. The van der Waals surface area contributed by atoms with Crippen LogP contribution in [0.1, 0.15) is 44.6 Å². The van der Waals surface area contributed by atoms with Crippen LogP contribution in [0.25, 0.3) is 0 Å². The van der Waals surface area contributed by atoms with Gasteiger partial charge in [0, 0.05) is 23.1 Å². The number of amides is 1. The minimum Gasteiger partial charge on any atom is -0.355 e. The van der Waals surface area contributed by atoms with E-state index in [-0.39, 0.29) is 17.5 Å². The summed E-state index contributed by atoms with van der Waals surface area (Å²) in [5.41, 5.74) is 0.784. The molecule has 122 valence electrons. The molecule has 5 heteroatoms. The number of carbonyl (C=O) groups is 1. The monoisotopic (exact) mass is 325 g/mol. The first-order chi connectivity index (χ1) is 10.6. The predicted molar refractivity (Wildman–Crippen MR) is 87.3 cm³/mol. The third-order valence-electron chi connectivity index (χ3n) is 4.28. The first-order valence-electron chi connectivity index (χ1n) is 7.95. The molecule has 2 atom stereocenters. The van der Waals surface area contributed by atoms with E-state index in [0.29, 0.717) is 12.5 Å². The van der Waals surface area contributed by atoms with Gasteiger partial charge in [-0.2, -0.15) is 0 Å². The van der Waals surface area contributed by atoms with E-state index < -0.39 is 16.0 Å². The van der Waals surface area contributed by atoms with E-state index in [1.807, 2.05) is 0 Å². The standard InChI is InChI=1S/C17H24FNO2S/c1-13(17(20)19-11-14-5-3-2-4-6-14)22(21)12-15-7-9-16(18)10-8-15/h7-10,13-14H,2-6,11-12H2,1H3,(H,19,20)/t13-,22+/m1/s1. The molecule has 1 aromatic rings. The maximum atomic E-state index is 12.8. The number of hydrogen-bond acceptors (Lipinski definition) is 2. The fourth-order valence-electron chi connectivity index (χ4n) is 2.77. The van der Waals surface area contributed by atoms with Crippen LogP contribution in [0.3, 0.4) is 0 Å². The van der Waals surface area contributed by atoms with Gasteiger partial charge in [0.05, 0.1) is 0 Å². The molecule has 0 aliphatic heterocycles. The van der Waals surface area contributed by atoms with Crippen LogP contribution in [0, 0.1) is 11.7 Å². The molecule has 0 radical (unpaired) electrons. The lowest BCUT2D eigenvalue weighted by Crippen LogP contribution is -2.38. The van der Waals surface area contributed by atoms with Crippen molar-refractivity contribution in [3.63, 3.8) is 0 Å². The summed E-state index contributed by atoms with van der Waals surface area (Å²) < 4.78 is 25.1. The fraction of sp³-hybridized carbons (Fsp3) is 0.588. The zero-order valence-electron chi connectivity index (χ0n) is 13.0. The van der Waals surface area contributed by atoms with Crippen LogP contribution in [0.2, 0.25) is 0 Å². The number of rotatable bonds is 6. The highest BCUT2D eigenvalue weighted by Crippen LogP contribution is 2.22. The fourth-order valence-corrected chi connectivity index (χ4v) is 3.86. The lowest BCUT2D eigenvalue weighted by atomic mass is 9.89. The molecule has 1 aliphatic rings. The van der Waals surface area contributed by atoms with E-state index in [1.165, 1.54) is 44.2 Å². The Hall–Kier alpha value is -1.23. The van der Waals surface area contributed by atoms with Crippen LogP contribution in [-0.4, -0.2) is 21.9 Å². The zero-order valence-corrected chi connectivity index (χ0v) is 13.8. The number of benzene rings is 1. The highest BCUT2D eigenvalue weighted by atomic mass is 32.2. The summed E-state index contributed by atoms with van der Waals surface area (Å²) >= 11 is 0. The third-order valence-corrected chi connectivity index (χ3v) is 5.90. The number of hydrogen-bond donors (Lipinski definition) is 1. The highest BCUT2D eigenvalue weighted by molar-refractivity contribution is 7.85. The molecule has 0 heterocycles. The second-order valence-electron chi connectivity index (χ2n) is 6.04. The molecule has 0 bridgehead atoms. The molecule has 0 aromatic heterocycles. The molecule has 1 aromatic carbocycles. The van der Waals surface area contributed by atoms with Crippen LogP contribution in [0.15, 0.2) is 24.3 Å². The molecular weight excluding hydrogens is 301 g/mol. The summed E-state index contributed by atoms with van der Waals surface area (Å²) in [6.45, 7) is 2.38. The van der Waals surface area contributed by atoms with Crippen molar-refractivity contribution < 1.29 is 13.4 Å². The molecule has 0 unspecified atom stereocenters. The molecule has 1 amide bonds. The molecular formula is C17H24FNO2S. The third kappa shape index (κ3) is 5.20. The number of nitrogens with one attached hydrogen (secondary N) is 1. The normalized spacial score (nSPS) is 18.6. The second-order valence-corrected chi connectivity index (χ2v) is 7.80. The molecule has 1 saturated carbocycles. The van der Waals surface area contributed by atoms with E-state index in [0.717, 1.165) is 5.56 Å². The summed E-state index contributed by atoms with van der Waals surface area (Å²) in [6.07, 6.45) is 6.13. The van der Waals surface area contributed by atoms with Gasteiger partial charge < -0.3 is 5.32 Å². The van der Waals surface area contributed by atoms with Crippen molar-refractivity contribution in [2.75, 3.05) is 6.54 Å². The highest BCUT2D eigenvalue weighted by Gasteiger charge is 2.21. The van der Waals surface area contributed by atoms with Gasteiger partial charge in [0.1, 0.15) is 11.1 Å². The summed E-state index contributed by atoms with van der Waals surface area (Å²) in [4.78, 5) is 12.1. The van der Waals surface area contributed by atoms with Gasteiger partial charge in [-0.05, 0) is 43.4 Å². The van der Waals surface area contributed by atoms with Gasteiger partial charge in [-0.3, -0.25) is 9.00 Å². The van der Waals surface area contributed by atoms with E-state index >= 15 is 0 Å². The van der Waals surface area contributed by atoms with Crippen LogP contribution in [0.5, 0.6) is 0 Å². The molecule has 2 rings (SSSR count). The number of carbonyl (C=O) groups excluding carboxylic acids is 1. The van der Waals surface area contributed by atoms with Gasteiger partial charge >= 0.3 is 0 Å². The molecule has 3 nitrogen and oxygen atoms in total. The summed E-state index contributed by atoms with van der Waals surface area (Å²) in [5, 5.41) is 2.39. The Kier molecular flexibility index (Phi) is 6.55. The van der Waals surface area contributed by atoms with Gasteiger partial charge in [-0.25, -0.2) is 4.39 Å². The van der Waals surface area contributed by atoms with E-state index in [4.69, 9.17) is 0 Å². The Balaban J connectivity index is 1.78. The van der Waals surface area contributed by atoms with Crippen molar-refractivity contribution in [1.82, 2.24) is 5.32 Å². The van der Waals surface area contributed by atoms with Crippen molar-refractivity contribution in [3.05, 3.63) is 35.6 Å². The van der Waals surface area contributed by atoms with Crippen molar-refractivity contribution >= 4 is 16.7 Å². The maximum absolute atomic E-state index is 12.8. The molecule has 0 spiro atoms. The quantitative estimate of drug-likeness (QED) is 0.873. The van der Waals surface area contributed by atoms with Crippen LogP contribution >= 0.6 is 0 Å². The van der Waals surface area contributed by atoms with Gasteiger partial charge in [0.25, 0.3) is 0 Å². The maximum Gasteiger partial charge on any atom is 0.235 e. The van der Waals surface area contributed by atoms with Crippen molar-refractivity contribution in [1.29, 1.82) is 0 Å². The molecule has 1 aliphatic carbocycles. The predicted octanol–water partition coefficient (Wildman–Crippen LogP) is 3.16. The first kappa shape index (κ1) is 17.1. The van der Waals surface area contributed by atoms with Crippen molar-refractivity contribution in [3.8, 4) is 0 Å². The van der Waals surface area contributed by atoms with Gasteiger partial charge in [0.2, 0.25) is 5.91 Å². The minimum atomic E-state index is -1.29. The smallest absolute Gasteiger partial charge is 0.235 e. The molecule has 0 saturated heterocycles. The van der Waals surface area contributed by atoms with E-state index in [2.05, 4.69) is 5.32 Å². The Labute approximate surface area is 134 Å². The minimum absolute atomic E-state index is 0.147. The topological polar surface area (TPSA) is 46.2 Å². The van der Waals surface area contributed by atoms with Crippen LogP contribution in [-0.2, 0) is 21.3 Å². The summed E-state index contributed by atoms with van der Waals surface area (Å²) in [5.74, 6) is 0.382. The average molecular weight is 325 g/mol. The average Bonchev–Trinajstić information content (AvgIpc) is 2.55. The first-order valence-corrected chi connectivity index (χ1v) is 9.34. The molecule has 22 heavy (non-hydrogen) atoms. The Morgan fingerprint density at radius 3 is 2.55 bits per heavy atom. The van der Waals surface area contributed by atoms with Gasteiger partial charge in [-0.1, -0.05) is 31.4 Å². The Morgan fingerprint density at radius 2 is 1.91 bits per heavy atom. The summed E-state index contributed by atoms with van der Waals surface area (Å²) in [6, 6.07) is 5.92. The van der Waals surface area contributed by atoms with E-state index in [1.54, 1.807) is 19.1 Å². The van der Waals surface area contributed by atoms with Gasteiger partial charge in [-0.15, -0.1) is 0 Å². The Morgan fingerprint density at radius 1 is 1.27 bits per heavy atom. The van der Waals surface area contributed by atoms with Crippen LogP contribution < -0.4 is 5.32 Å². The summed E-state index contributed by atoms with van der Waals surface area (Å²) in [7, 11) is -1.29. The van der Waals surface area contributed by atoms with Crippen molar-refractivity contribution in [2.24, 2.45) is 5.92 Å². The SMILES string of the molecule is C[C@H](C(=O)NCC1CCCCC1)[S@@](=O)Cc1ccc(F)cc1. The van der Waals surface area contributed by atoms with Crippen LogP contribution in [0.4, 0.5) is 4.39 Å². The zero-order chi connectivity index (χ0) is 15.9. The van der Waals surface area contributed by atoms with Gasteiger partial charge in [0.15, 0.2) is 0 Å². The molecule has 1 N–H and O–H groups in total. The largest absolute Gasteiger partial charge is 0.355 e.